The molecular weight excluding hydrogens is 433 g/mol. The summed E-state index contributed by atoms with van der Waals surface area (Å²) in [4.78, 5) is 12.6. The molecule has 5 nitrogen and oxygen atoms in total. The van der Waals surface area contributed by atoms with Crippen LogP contribution in [0, 0.1) is 3.57 Å². The second-order valence-corrected chi connectivity index (χ2v) is 6.55. The van der Waals surface area contributed by atoms with Gasteiger partial charge in [-0.05, 0) is 66.3 Å². The van der Waals surface area contributed by atoms with Crippen molar-refractivity contribution in [2.75, 3.05) is 20.8 Å². The van der Waals surface area contributed by atoms with Gasteiger partial charge < -0.3 is 19.5 Å². The maximum atomic E-state index is 12.6. The summed E-state index contributed by atoms with van der Waals surface area (Å²) in [5.41, 5.74) is 1.56. The minimum absolute atomic E-state index is 0.132. The average Bonchev–Trinajstić information content (AvgIpc) is 2.62. The number of ether oxygens (including phenoxy) is 3. The average molecular weight is 455 g/mol. The summed E-state index contributed by atoms with van der Waals surface area (Å²) in [5.74, 6) is 1.79. The number of rotatable bonds is 7. The van der Waals surface area contributed by atoms with Gasteiger partial charge in [0.15, 0.2) is 11.5 Å². The van der Waals surface area contributed by atoms with E-state index in [1.807, 2.05) is 38.1 Å². The van der Waals surface area contributed by atoms with Crippen LogP contribution in [0.25, 0.3) is 0 Å². The van der Waals surface area contributed by atoms with E-state index in [0.29, 0.717) is 23.7 Å². The Morgan fingerprint density at radius 2 is 1.72 bits per heavy atom. The highest BCUT2D eigenvalue weighted by Gasteiger charge is 2.17. The molecule has 0 bridgehead atoms. The maximum absolute atomic E-state index is 12.6. The fourth-order valence-corrected chi connectivity index (χ4v) is 3.09. The smallest absolute Gasteiger partial charge is 0.252 e. The van der Waals surface area contributed by atoms with Crippen molar-refractivity contribution in [3.8, 4) is 17.2 Å². The number of benzene rings is 2. The van der Waals surface area contributed by atoms with Crippen LogP contribution in [0.15, 0.2) is 36.4 Å². The molecule has 0 aliphatic heterocycles. The van der Waals surface area contributed by atoms with Gasteiger partial charge in [0, 0.05) is 3.57 Å². The molecule has 0 fully saturated rings. The number of amides is 1. The van der Waals surface area contributed by atoms with Gasteiger partial charge in [0.1, 0.15) is 5.75 Å². The van der Waals surface area contributed by atoms with E-state index in [1.165, 1.54) is 0 Å². The lowest BCUT2D eigenvalue weighted by molar-refractivity contribution is 0.0938. The second kappa shape index (κ2) is 8.94. The van der Waals surface area contributed by atoms with Gasteiger partial charge in [-0.25, -0.2) is 0 Å². The number of carbonyl (C=O) groups is 1. The monoisotopic (exact) mass is 455 g/mol. The minimum Gasteiger partial charge on any atom is -0.494 e. The van der Waals surface area contributed by atoms with Crippen molar-refractivity contribution in [3.63, 3.8) is 0 Å². The molecular formula is C19H22INO4. The largest absolute Gasteiger partial charge is 0.494 e. The zero-order valence-electron chi connectivity index (χ0n) is 14.8. The molecule has 2 aromatic carbocycles. The van der Waals surface area contributed by atoms with Gasteiger partial charge in [0.25, 0.3) is 5.91 Å². The molecule has 1 atom stereocenters. The third kappa shape index (κ3) is 4.78. The number of nitrogens with one attached hydrogen (secondary N) is 1. The van der Waals surface area contributed by atoms with E-state index in [9.17, 15) is 4.79 Å². The van der Waals surface area contributed by atoms with Crippen LogP contribution in [-0.4, -0.2) is 26.7 Å². The van der Waals surface area contributed by atoms with Crippen molar-refractivity contribution in [2.24, 2.45) is 0 Å². The standard InChI is InChI=1S/C19H22INO4/c1-5-25-14-8-6-13(7-9-14)12(2)21-19(22)15-10-17(23-3)18(24-4)11-16(15)20/h6-12H,5H2,1-4H3,(H,21,22). The van der Waals surface area contributed by atoms with Gasteiger partial charge in [-0.3, -0.25) is 4.79 Å². The zero-order valence-corrected chi connectivity index (χ0v) is 16.9. The molecule has 2 rings (SSSR count). The third-order valence-corrected chi connectivity index (χ3v) is 4.65. The van der Waals surface area contributed by atoms with E-state index in [0.717, 1.165) is 14.9 Å². The van der Waals surface area contributed by atoms with Crippen molar-refractivity contribution in [1.29, 1.82) is 0 Å². The Morgan fingerprint density at radius 1 is 1.12 bits per heavy atom. The van der Waals surface area contributed by atoms with Gasteiger partial charge in [-0.2, -0.15) is 0 Å². The summed E-state index contributed by atoms with van der Waals surface area (Å²) in [5, 5.41) is 3.01. The Hall–Kier alpha value is -1.96. The highest BCUT2D eigenvalue weighted by Crippen LogP contribution is 2.31. The molecule has 1 N–H and O–H groups in total. The lowest BCUT2D eigenvalue weighted by Crippen LogP contribution is -2.27. The molecule has 134 valence electrons. The lowest BCUT2D eigenvalue weighted by Gasteiger charge is -2.17. The first-order chi connectivity index (χ1) is 12.0. The fourth-order valence-electron chi connectivity index (χ4n) is 2.41. The molecule has 1 unspecified atom stereocenters. The fraction of sp³-hybridized carbons (Fsp3) is 0.316. The van der Waals surface area contributed by atoms with Gasteiger partial charge in [0.2, 0.25) is 0 Å². The van der Waals surface area contributed by atoms with Crippen molar-refractivity contribution < 1.29 is 19.0 Å². The molecule has 1 amide bonds. The number of halogens is 1. The first kappa shape index (κ1) is 19.4. The summed E-state index contributed by atoms with van der Waals surface area (Å²) in [6.45, 7) is 4.52. The molecule has 0 heterocycles. The van der Waals surface area contributed by atoms with E-state index in [2.05, 4.69) is 27.9 Å². The van der Waals surface area contributed by atoms with Crippen molar-refractivity contribution in [3.05, 3.63) is 51.1 Å². The summed E-state index contributed by atoms with van der Waals surface area (Å²) in [7, 11) is 3.12. The number of carbonyl (C=O) groups excluding carboxylic acids is 1. The molecule has 0 aliphatic rings. The summed E-state index contributed by atoms with van der Waals surface area (Å²) in [6, 6.07) is 11.1. The SMILES string of the molecule is CCOc1ccc(C(C)NC(=O)c2cc(OC)c(OC)cc2I)cc1. The summed E-state index contributed by atoms with van der Waals surface area (Å²) in [6.07, 6.45) is 0. The molecule has 2 aromatic rings. The zero-order chi connectivity index (χ0) is 18.4. The van der Waals surface area contributed by atoms with E-state index < -0.39 is 0 Å². The van der Waals surface area contributed by atoms with Crippen LogP contribution in [0.2, 0.25) is 0 Å². The highest BCUT2D eigenvalue weighted by atomic mass is 127. The molecule has 0 radical (unpaired) electrons. The van der Waals surface area contributed by atoms with Crippen LogP contribution in [0.5, 0.6) is 17.2 Å². The van der Waals surface area contributed by atoms with Gasteiger partial charge in [-0.15, -0.1) is 0 Å². The van der Waals surface area contributed by atoms with Crippen LogP contribution >= 0.6 is 22.6 Å². The topological polar surface area (TPSA) is 56.8 Å². The minimum atomic E-state index is -0.160. The van der Waals surface area contributed by atoms with Crippen molar-refractivity contribution in [2.45, 2.75) is 19.9 Å². The molecule has 25 heavy (non-hydrogen) atoms. The van der Waals surface area contributed by atoms with E-state index in [-0.39, 0.29) is 11.9 Å². The molecule has 0 aliphatic carbocycles. The van der Waals surface area contributed by atoms with Gasteiger partial charge in [0.05, 0.1) is 32.4 Å². The lowest BCUT2D eigenvalue weighted by atomic mass is 10.1. The van der Waals surface area contributed by atoms with Crippen LogP contribution in [0.4, 0.5) is 0 Å². The molecule has 0 spiro atoms. The molecule has 0 saturated heterocycles. The normalized spacial score (nSPS) is 11.6. The van der Waals surface area contributed by atoms with E-state index in [1.54, 1.807) is 26.4 Å². The summed E-state index contributed by atoms with van der Waals surface area (Å²) < 4.78 is 16.8. The van der Waals surface area contributed by atoms with Crippen LogP contribution in [-0.2, 0) is 0 Å². The Labute approximate surface area is 161 Å². The summed E-state index contributed by atoms with van der Waals surface area (Å²) >= 11 is 2.12. The number of hydrogen-bond donors (Lipinski definition) is 1. The van der Waals surface area contributed by atoms with Crippen LogP contribution in [0.1, 0.15) is 35.8 Å². The van der Waals surface area contributed by atoms with Crippen molar-refractivity contribution >= 4 is 28.5 Å². The van der Waals surface area contributed by atoms with Gasteiger partial charge >= 0.3 is 0 Å². The van der Waals surface area contributed by atoms with Gasteiger partial charge in [-0.1, -0.05) is 12.1 Å². The van der Waals surface area contributed by atoms with E-state index in [4.69, 9.17) is 14.2 Å². The predicted molar refractivity (Wildman–Crippen MR) is 106 cm³/mol. The molecule has 0 aromatic heterocycles. The van der Waals surface area contributed by atoms with Crippen LogP contribution in [0.3, 0.4) is 0 Å². The Bertz CT molecular complexity index is 731. The number of methoxy groups -OCH3 is 2. The molecule has 6 heteroatoms. The van der Waals surface area contributed by atoms with Crippen molar-refractivity contribution in [1.82, 2.24) is 5.32 Å². The Kier molecular flexibility index (Phi) is 6.92. The van der Waals surface area contributed by atoms with E-state index >= 15 is 0 Å². The first-order valence-corrected chi connectivity index (χ1v) is 9.03. The highest BCUT2D eigenvalue weighted by molar-refractivity contribution is 14.1. The maximum Gasteiger partial charge on any atom is 0.252 e. The van der Waals surface area contributed by atoms with Crippen LogP contribution < -0.4 is 19.5 Å². The quantitative estimate of drug-likeness (QED) is 0.637. The Balaban J connectivity index is 2.15. The molecule has 0 saturated carbocycles. The predicted octanol–water partition coefficient (Wildman–Crippen LogP) is 4.20. The Morgan fingerprint density at radius 3 is 2.28 bits per heavy atom. The third-order valence-electron chi connectivity index (χ3n) is 3.76. The first-order valence-electron chi connectivity index (χ1n) is 7.95. The number of hydrogen-bond acceptors (Lipinski definition) is 4. The second-order valence-electron chi connectivity index (χ2n) is 5.38.